The van der Waals surface area contributed by atoms with E-state index in [1.54, 1.807) is 18.3 Å². The van der Waals surface area contributed by atoms with E-state index in [0.717, 1.165) is 25.9 Å². The van der Waals surface area contributed by atoms with Crippen molar-refractivity contribution in [2.75, 3.05) is 26.2 Å². The fourth-order valence-corrected chi connectivity index (χ4v) is 2.92. The van der Waals surface area contributed by atoms with Crippen LogP contribution in [-0.4, -0.2) is 48.0 Å². The van der Waals surface area contributed by atoms with Gasteiger partial charge >= 0.3 is 0 Å². The molecule has 1 saturated heterocycles. The van der Waals surface area contributed by atoms with Crippen LogP contribution in [0.25, 0.3) is 0 Å². The van der Waals surface area contributed by atoms with Crippen LogP contribution in [0, 0.1) is 10.1 Å². The Bertz CT molecular complexity index is 646. The summed E-state index contributed by atoms with van der Waals surface area (Å²) >= 11 is 0. The van der Waals surface area contributed by atoms with Crippen molar-refractivity contribution in [1.82, 2.24) is 10.2 Å². The highest BCUT2D eigenvalue weighted by Crippen LogP contribution is 2.13. The summed E-state index contributed by atoms with van der Waals surface area (Å²) in [6.07, 6.45) is 7.18. The number of carbonyl (C=O) groups is 2. The van der Waals surface area contributed by atoms with Crippen molar-refractivity contribution in [1.29, 1.82) is 0 Å². The molecule has 0 aliphatic carbocycles. The summed E-state index contributed by atoms with van der Waals surface area (Å²) in [5.41, 5.74) is 0.422. The lowest BCUT2D eigenvalue weighted by Crippen LogP contribution is -2.43. The molecule has 2 rings (SSSR count). The van der Waals surface area contributed by atoms with Gasteiger partial charge in [-0.1, -0.05) is 0 Å². The van der Waals surface area contributed by atoms with E-state index in [9.17, 15) is 19.7 Å². The SMILES string of the molecule is CC(CC(=O)N1CCCCC1)[n+]1cccc(C(=O)NCCO[N+](=O)[O-])c1. The third-order valence-corrected chi connectivity index (χ3v) is 4.36. The second kappa shape index (κ2) is 9.69. The van der Waals surface area contributed by atoms with E-state index < -0.39 is 5.09 Å². The number of hydrogen-bond donors (Lipinski definition) is 1. The van der Waals surface area contributed by atoms with Gasteiger partial charge in [-0.05, 0) is 32.3 Å². The molecule has 1 aromatic heterocycles. The van der Waals surface area contributed by atoms with Crippen LogP contribution >= 0.6 is 0 Å². The summed E-state index contributed by atoms with van der Waals surface area (Å²) in [6.45, 7) is 3.42. The average Bonchev–Trinajstić information content (AvgIpc) is 2.65. The number of nitrogens with one attached hydrogen (secondary N) is 1. The van der Waals surface area contributed by atoms with Gasteiger partial charge in [-0.25, -0.2) is 4.57 Å². The van der Waals surface area contributed by atoms with Gasteiger partial charge < -0.3 is 15.1 Å². The maximum atomic E-state index is 12.4. The summed E-state index contributed by atoms with van der Waals surface area (Å²) in [6, 6.07) is 3.32. The molecule has 1 fully saturated rings. The second-order valence-corrected chi connectivity index (χ2v) is 6.35. The molecule has 0 aromatic carbocycles. The first-order chi connectivity index (χ1) is 12.5. The zero-order chi connectivity index (χ0) is 18.9. The van der Waals surface area contributed by atoms with Gasteiger partial charge in [-0.15, -0.1) is 10.1 Å². The van der Waals surface area contributed by atoms with Gasteiger partial charge in [0.05, 0.1) is 6.42 Å². The number of pyridine rings is 1. The number of likely N-dealkylation sites (tertiary alicyclic amines) is 1. The number of aromatic nitrogens is 1. The molecule has 2 heterocycles. The van der Waals surface area contributed by atoms with Crippen LogP contribution < -0.4 is 9.88 Å². The van der Waals surface area contributed by atoms with Crippen molar-refractivity contribution >= 4 is 11.8 Å². The zero-order valence-electron chi connectivity index (χ0n) is 14.9. The molecule has 1 atom stereocenters. The van der Waals surface area contributed by atoms with Crippen LogP contribution in [0.15, 0.2) is 24.5 Å². The molecular formula is C17H25N4O5+. The summed E-state index contributed by atoms with van der Waals surface area (Å²) in [4.78, 5) is 40.6. The molecule has 1 aromatic rings. The van der Waals surface area contributed by atoms with Gasteiger partial charge in [0.2, 0.25) is 5.91 Å². The van der Waals surface area contributed by atoms with Crippen molar-refractivity contribution in [3.63, 3.8) is 0 Å². The normalized spacial score (nSPS) is 15.2. The third kappa shape index (κ3) is 5.98. The highest BCUT2D eigenvalue weighted by molar-refractivity contribution is 5.93. The first-order valence-electron chi connectivity index (χ1n) is 8.81. The quantitative estimate of drug-likeness (QED) is 0.319. The molecule has 26 heavy (non-hydrogen) atoms. The molecule has 0 saturated carbocycles. The van der Waals surface area contributed by atoms with Crippen LogP contribution in [0.4, 0.5) is 0 Å². The predicted octanol–water partition coefficient (Wildman–Crippen LogP) is 0.876. The van der Waals surface area contributed by atoms with E-state index in [2.05, 4.69) is 10.2 Å². The van der Waals surface area contributed by atoms with Crippen LogP contribution in [0.5, 0.6) is 0 Å². The average molecular weight is 365 g/mol. The molecule has 1 aliphatic heterocycles. The molecule has 0 spiro atoms. The van der Waals surface area contributed by atoms with Crippen molar-refractivity contribution in [2.45, 2.75) is 38.6 Å². The first-order valence-corrected chi connectivity index (χ1v) is 8.81. The molecular weight excluding hydrogens is 340 g/mol. The number of carbonyl (C=O) groups excluding carboxylic acids is 2. The Morgan fingerprint density at radius 2 is 2.12 bits per heavy atom. The number of rotatable bonds is 8. The highest BCUT2D eigenvalue weighted by atomic mass is 16.9. The van der Waals surface area contributed by atoms with Gasteiger partial charge in [-0.2, -0.15) is 0 Å². The zero-order valence-corrected chi connectivity index (χ0v) is 14.9. The number of amides is 2. The predicted molar refractivity (Wildman–Crippen MR) is 91.7 cm³/mol. The summed E-state index contributed by atoms with van der Waals surface area (Å²) in [5.74, 6) is -0.211. The maximum Gasteiger partial charge on any atom is 0.294 e. The Hall–Kier alpha value is -2.71. The Morgan fingerprint density at radius 1 is 1.38 bits per heavy atom. The second-order valence-electron chi connectivity index (χ2n) is 6.35. The van der Waals surface area contributed by atoms with Crippen molar-refractivity contribution in [2.24, 2.45) is 0 Å². The minimum atomic E-state index is -0.899. The minimum absolute atomic E-state index is 0.0394. The lowest BCUT2D eigenvalue weighted by molar-refractivity contribution is -0.757. The highest BCUT2D eigenvalue weighted by Gasteiger charge is 2.23. The van der Waals surface area contributed by atoms with E-state index in [4.69, 9.17) is 0 Å². The van der Waals surface area contributed by atoms with Crippen LogP contribution in [-0.2, 0) is 9.63 Å². The summed E-state index contributed by atoms with van der Waals surface area (Å²) in [7, 11) is 0. The van der Waals surface area contributed by atoms with Gasteiger partial charge in [-0.3, -0.25) is 9.59 Å². The van der Waals surface area contributed by atoms with Crippen LogP contribution in [0.1, 0.15) is 49.0 Å². The standard InChI is InChI=1S/C17H24N4O5/c1-14(12-16(22)19-8-3-2-4-9-19)20-10-5-6-15(13-20)17(23)18-7-11-26-21(24)25/h5-6,10,13-14H,2-4,7-9,11-12H2,1H3/p+1. The van der Waals surface area contributed by atoms with Gasteiger partial charge in [0.15, 0.2) is 18.4 Å². The summed E-state index contributed by atoms with van der Waals surface area (Å²) in [5, 5.41) is 11.7. The van der Waals surface area contributed by atoms with E-state index in [1.165, 1.54) is 6.42 Å². The van der Waals surface area contributed by atoms with E-state index in [-0.39, 0.29) is 31.0 Å². The molecule has 1 N–H and O–H groups in total. The summed E-state index contributed by atoms with van der Waals surface area (Å²) < 4.78 is 1.84. The minimum Gasteiger partial charge on any atom is -0.350 e. The van der Waals surface area contributed by atoms with Gasteiger partial charge in [0, 0.05) is 25.7 Å². The molecule has 1 aliphatic rings. The molecule has 9 heteroatoms. The first kappa shape index (κ1) is 19.6. The van der Waals surface area contributed by atoms with Crippen molar-refractivity contribution < 1.29 is 24.1 Å². The molecule has 0 radical (unpaired) electrons. The van der Waals surface area contributed by atoms with Crippen molar-refractivity contribution in [3.8, 4) is 0 Å². The van der Waals surface area contributed by atoms with Gasteiger partial charge in [0.25, 0.3) is 11.0 Å². The molecule has 0 bridgehead atoms. The van der Waals surface area contributed by atoms with E-state index >= 15 is 0 Å². The monoisotopic (exact) mass is 365 g/mol. The number of hydrogen-bond acceptors (Lipinski definition) is 5. The fraction of sp³-hybridized carbons (Fsp3) is 0.588. The van der Waals surface area contributed by atoms with E-state index in [1.807, 2.05) is 22.6 Å². The largest absolute Gasteiger partial charge is 0.350 e. The number of nitrogens with zero attached hydrogens (tertiary/aromatic N) is 3. The van der Waals surface area contributed by atoms with E-state index in [0.29, 0.717) is 12.0 Å². The maximum absolute atomic E-state index is 12.4. The Balaban J connectivity index is 1.89. The third-order valence-electron chi connectivity index (χ3n) is 4.36. The van der Waals surface area contributed by atoms with Gasteiger partial charge in [0.1, 0.15) is 12.2 Å². The fourth-order valence-electron chi connectivity index (χ4n) is 2.92. The topological polar surface area (TPSA) is 106 Å². The van der Waals surface area contributed by atoms with Crippen LogP contribution in [0.3, 0.4) is 0 Å². The lowest BCUT2D eigenvalue weighted by Gasteiger charge is -2.27. The smallest absolute Gasteiger partial charge is 0.294 e. The van der Waals surface area contributed by atoms with Crippen LogP contribution in [0.2, 0.25) is 0 Å². The lowest BCUT2D eigenvalue weighted by atomic mass is 10.1. The Kier molecular flexibility index (Phi) is 7.31. The molecule has 1 unspecified atom stereocenters. The molecule has 142 valence electrons. The van der Waals surface area contributed by atoms with Crippen molar-refractivity contribution in [3.05, 3.63) is 40.2 Å². The Labute approximate surface area is 152 Å². The molecule has 9 nitrogen and oxygen atoms in total. The number of piperidine rings is 1. The Morgan fingerprint density at radius 3 is 2.81 bits per heavy atom. The molecule has 2 amide bonds.